The molecule has 1 atom stereocenters. The van der Waals surface area contributed by atoms with E-state index in [2.05, 4.69) is 18.7 Å². The smallest absolute Gasteiger partial charge is 0.236 e. The molecular formula is C17H26Cl2FN3O. The zero-order valence-corrected chi connectivity index (χ0v) is 16.0. The van der Waals surface area contributed by atoms with E-state index in [0.29, 0.717) is 17.1 Å². The molecule has 7 heteroatoms. The summed E-state index contributed by atoms with van der Waals surface area (Å²) in [5.41, 5.74) is 6.47. The summed E-state index contributed by atoms with van der Waals surface area (Å²) in [6.07, 6.45) is 0.878. The van der Waals surface area contributed by atoms with Crippen LogP contribution < -0.4 is 5.73 Å². The summed E-state index contributed by atoms with van der Waals surface area (Å²) in [7, 11) is 1.67. The zero-order chi connectivity index (χ0) is 17.2. The lowest BCUT2D eigenvalue weighted by molar-refractivity contribution is -0.132. The number of hydrogen-bond acceptors (Lipinski definition) is 3. The Morgan fingerprint density at radius 1 is 1.50 bits per heavy atom. The van der Waals surface area contributed by atoms with E-state index in [1.807, 2.05) is 0 Å². The highest BCUT2D eigenvalue weighted by Crippen LogP contribution is 2.27. The second-order valence-corrected chi connectivity index (χ2v) is 7.45. The monoisotopic (exact) mass is 377 g/mol. The van der Waals surface area contributed by atoms with Crippen molar-refractivity contribution in [1.82, 2.24) is 9.80 Å². The minimum atomic E-state index is -0.387. The Hall–Kier alpha value is -0.880. The third-order valence-corrected chi connectivity index (χ3v) is 4.99. The first kappa shape index (κ1) is 21.2. The molecule has 1 aliphatic rings. The van der Waals surface area contributed by atoms with Crippen molar-refractivity contribution < 1.29 is 9.18 Å². The number of halogens is 3. The van der Waals surface area contributed by atoms with E-state index < -0.39 is 0 Å². The average molecular weight is 378 g/mol. The molecule has 0 radical (unpaired) electrons. The molecule has 0 aliphatic carbocycles. The van der Waals surface area contributed by atoms with Gasteiger partial charge in [0.25, 0.3) is 0 Å². The molecule has 136 valence electrons. The number of carbonyl (C=O) groups is 1. The Balaban J connectivity index is 0.00000288. The number of nitrogens with zero attached hydrogens (tertiary/aromatic N) is 2. The maximum atomic E-state index is 13.8. The second-order valence-electron chi connectivity index (χ2n) is 7.04. The number of nitrogens with two attached hydrogens (primary N) is 1. The van der Waals surface area contributed by atoms with Gasteiger partial charge in [-0.25, -0.2) is 4.39 Å². The highest BCUT2D eigenvalue weighted by molar-refractivity contribution is 6.31. The lowest BCUT2D eigenvalue weighted by atomic mass is 9.80. The van der Waals surface area contributed by atoms with Crippen LogP contribution in [0.2, 0.25) is 5.02 Å². The lowest BCUT2D eigenvalue weighted by Gasteiger charge is -2.42. The maximum Gasteiger partial charge on any atom is 0.236 e. The van der Waals surface area contributed by atoms with Crippen molar-refractivity contribution in [1.29, 1.82) is 0 Å². The molecule has 24 heavy (non-hydrogen) atoms. The van der Waals surface area contributed by atoms with Crippen LogP contribution in [0.15, 0.2) is 18.2 Å². The van der Waals surface area contributed by atoms with Crippen LogP contribution in [0.3, 0.4) is 0 Å². The predicted octanol–water partition coefficient (Wildman–Crippen LogP) is 2.92. The number of likely N-dealkylation sites (N-methyl/N-ethyl adjacent to an activating group) is 1. The van der Waals surface area contributed by atoms with Crippen LogP contribution in [-0.4, -0.2) is 48.4 Å². The van der Waals surface area contributed by atoms with E-state index in [-0.39, 0.29) is 42.1 Å². The Morgan fingerprint density at radius 3 is 2.75 bits per heavy atom. The van der Waals surface area contributed by atoms with Crippen LogP contribution in [-0.2, 0) is 11.3 Å². The molecule has 0 saturated carbocycles. The SMILES string of the molecule is CN(Cc1c(F)cccc1Cl)C(=O)CN1CCC(N)C(C)(C)C1.Cl. The summed E-state index contributed by atoms with van der Waals surface area (Å²) in [6, 6.07) is 4.70. The first-order chi connectivity index (χ1) is 10.7. The molecule has 1 saturated heterocycles. The average Bonchev–Trinajstić information content (AvgIpc) is 2.46. The van der Waals surface area contributed by atoms with Crippen molar-refractivity contribution >= 4 is 29.9 Å². The molecular weight excluding hydrogens is 352 g/mol. The lowest BCUT2D eigenvalue weighted by Crippen LogP contribution is -2.54. The van der Waals surface area contributed by atoms with Gasteiger partial charge in [0, 0.05) is 43.3 Å². The number of benzene rings is 1. The summed E-state index contributed by atoms with van der Waals surface area (Å²) in [6.45, 7) is 6.33. The van der Waals surface area contributed by atoms with Gasteiger partial charge in [0.15, 0.2) is 0 Å². The third-order valence-electron chi connectivity index (χ3n) is 4.63. The standard InChI is InChI=1S/C17H25ClFN3O.ClH/c1-17(2)11-22(8-7-15(17)20)10-16(23)21(3)9-12-13(18)5-4-6-14(12)19;/h4-6,15H,7-11,20H2,1-3H3;1H. The normalized spacial score (nSPS) is 20.3. The van der Waals surface area contributed by atoms with Gasteiger partial charge in [-0.1, -0.05) is 31.5 Å². The molecule has 1 unspecified atom stereocenters. The van der Waals surface area contributed by atoms with Crippen LogP contribution in [0.5, 0.6) is 0 Å². The van der Waals surface area contributed by atoms with Gasteiger partial charge < -0.3 is 10.6 Å². The zero-order valence-electron chi connectivity index (χ0n) is 14.4. The molecule has 1 amide bonds. The Morgan fingerprint density at radius 2 is 2.17 bits per heavy atom. The second kappa shape index (κ2) is 8.48. The number of piperidine rings is 1. The number of likely N-dealkylation sites (tertiary alicyclic amines) is 1. The van der Waals surface area contributed by atoms with E-state index in [0.717, 1.165) is 19.5 Å². The van der Waals surface area contributed by atoms with E-state index >= 15 is 0 Å². The van der Waals surface area contributed by atoms with Crippen LogP contribution in [0.25, 0.3) is 0 Å². The molecule has 0 spiro atoms. The molecule has 1 fully saturated rings. The van der Waals surface area contributed by atoms with Crippen LogP contribution in [0, 0.1) is 11.2 Å². The van der Waals surface area contributed by atoms with Gasteiger partial charge in [-0.05, 0) is 24.0 Å². The highest BCUT2D eigenvalue weighted by Gasteiger charge is 2.34. The van der Waals surface area contributed by atoms with Gasteiger partial charge in [0.2, 0.25) is 5.91 Å². The fraction of sp³-hybridized carbons (Fsp3) is 0.588. The van der Waals surface area contributed by atoms with Crippen molar-refractivity contribution in [2.75, 3.05) is 26.7 Å². The topological polar surface area (TPSA) is 49.6 Å². The van der Waals surface area contributed by atoms with E-state index in [1.54, 1.807) is 19.2 Å². The Kier molecular flexibility index (Phi) is 7.47. The van der Waals surface area contributed by atoms with Gasteiger partial charge >= 0.3 is 0 Å². The fourth-order valence-corrected chi connectivity index (χ4v) is 3.16. The number of amides is 1. The predicted molar refractivity (Wildman–Crippen MR) is 97.9 cm³/mol. The van der Waals surface area contributed by atoms with E-state index in [4.69, 9.17) is 17.3 Å². The van der Waals surface area contributed by atoms with Crippen molar-refractivity contribution in [2.45, 2.75) is 32.9 Å². The summed E-state index contributed by atoms with van der Waals surface area (Å²) in [4.78, 5) is 16.1. The summed E-state index contributed by atoms with van der Waals surface area (Å²) in [5, 5.41) is 0.342. The molecule has 1 heterocycles. The van der Waals surface area contributed by atoms with Gasteiger partial charge in [-0.2, -0.15) is 0 Å². The molecule has 0 aromatic heterocycles. The Bertz CT molecular complexity index is 563. The molecule has 4 nitrogen and oxygen atoms in total. The van der Waals surface area contributed by atoms with E-state index in [1.165, 1.54) is 11.0 Å². The first-order valence-electron chi connectivity index (χ1n) is 7.85. The highest BCUT2D eigenvalue weighted by atomic mass is 35.5. The van der Waals surface area contributed by atoms with Gasteiger partial charge in [0.1, 0.15) is 5.82 Å². The van der Waals surface area contributed by atoms with Crippen LogP contribution in [0.4, 0.5) is 4.39 Å². The summed E-state index contributed by atoms with van der Waals surface area (Å²) < 4.78 is 13.8. The minimum Gasteiger partial charge on any atom is -0.340 e. The number of hydrogen-bond donors (Lipinski definition) is 1. The number of rotatable bonds is 4. The van der Waals surface area contributed by atoms with Gasteiger partial charge in [-0.3, -0.25) is 9.69 Å². The molecule has 1 aliphatic heterocycles. The molecule has 1 aromatic carbocycles. The van der Waals surface area contributed by atoms with Crippen LogP contribution in [0.1, 0.15) is 25.8 Å². The molecule has 1 aromatic rings. The molecule has 2 rings (SSSR count). The number of carbonyl (C=O) groups excluding carboxylic acids is 1. The first-order valence-corrected chi connectivity index (χ1v) is 8.23. The largest absolute Gasteiger partial charge is 0.340 e. The quantitative estimate of drug-likeness (QED) is 0.877. The van der Waals surface area contributed by atoms with E-state index in [9.17, 15) is 9.18 Å². The summed E-state index contributed by atoms with van der Waals surface area (Å²) in [5.74, 6) is -0.433. The van der Waals surface area contributed by atoms with Gasteiger partial charge in [0.05, 0.1) is 6.54 Å². The molecule has 2 N–H and O–H groups in total. The van der Waals surface area contributed by atoms with Crippen LogP contribution >= 0.6 is 24.0 Å². The van der Waals surface area contributed by atoms with Gasteiger partial charge in [-0.15, -0.1) is 12.4 Å². The van der Waals surface area contributed by atoms with Crippen molar-refractivity contribution in [3.63, 3.8) is 0 Å². The third kappa shape index (κ3) is 5.06. The van der Waals surface area contributed by atoms with Crippen molar-refractivity contribution in [2.24, 2.45) is 11.1 Å². The minimum absolute atomic E-state index is 0. The maximum absolute atomic E-state index is 13.8. The summed E-state index contributed by atoms with van der Waals surface area (Å²) >= 11 is 6.02. The van der Waals surface area contributed by atoms with Crippen molar-refractivity contribution in [3.05, 3.63) is 34.6 Å². The fourth-order valence-electron chi connectivity index (χ4n) is 2.94. The van der Waals surface area contributed by atoms with Crippen molar-refractivity contribution in [3.8, 4) is 0 Å². The Labute approximate surface area is 154 Å². The molecule has 0 bridgehead atoms.